The van der Waals surface area contributed by atoms with Gasteiger partial charge in [-0.3, -0.25) is 14.1 Å². The molecule has 0 unspecified atom stereocenters. The Hall–Kier alpha value is -2.44. The third kappa shape index (κ3) is 3.72. The van der Waals surface area contributed by atoms with Gasteiger partial charge in [0.2, 0.25) is 0 Å². The summed E-state index contributed by atoms with van der Waals surface area (Å²) in [4.78, 5) is 19.6. The fraction of sp³-hybridized carbons (Fsp3) is 0.222. The molecule has 3 aromatic rings. The maximum atomic E-state index is 12.1. The van der Waals surface area contributed by atoms with E-state index < -0.39 is 0 Å². The molecule has 0 spiro atoms. The third-order valence-corrected chi connectivity index (χ3v) is 4.45. The molecule has 1 aromatic carbocycles. The highest BCUT2D eigenvalue weighted by molar-refractivity contribution is 7.15. The molecule has 0 aliphatic rings. The van der Waals surface area contributed by atoms with Gasteiger partial charge in [0.1, 0.15) is 5.75 Å². The Bertz CT molecular complexity index is 883. The zero-order valence-corrected chi connectivity index (χ0v) is 14.3. The summed E-state index contributed by atoms with van der Waals surface area (Å²) in [6.45, 7) is 5.89. The second kappa shape index (κ2) is 7.42. The number of benzene rings is 1. The van der Waals surface area contributed by atoms with E-state index in [9.17, 15) is 4.79 Å². The van der Waals surface area contributed by atoms with Crippen molar-refractivity contribution in [2.45, 2.75) is 13.1 Å². The van der Waals surface area contributed by atoms with Crippen LogP contribution in [0.4, 0.5) is 0 Å². The molecule has 0 saturated heterocycles. The number of thiazole rings is 1. The van der Waals surface area contributed by atoms with E-state index >= 15 is 0 Å². The zero-order valence-electron chi connectivity index (χ0n) is 13.5. The quantitative estimate of drug-likeness (QED) is 0.620. The van der Waals surface area contributed by atoms with Gasteiger partial charge in [-0.1, -0.05) is 18.2 Å². The standard InChI is InChI=1S/C18H19N3O2S/c1-3-8-20(12-14-4-6-16(23-2)7-5-14)13-15-11-17(22)21-9-10-24-18(21)19-15/h3-7,9-11H,1,8,12-13H2,2H3. The van der Waals surface area contributed by atoms with Crippen molar-refractivity contribution in [1.82, 2.24) is 14.3 Å². The van der Waals surface area contributed by atoms with Gasteiger partial charge in [-0.15, -0.1) is 17.9 Å². The lowest BCUT2D eigenvalue weighted by Gasteiger charge is -2.20. The molecule has 3 rings (SSSR count). The van der Waals surface area contributed by atoms with Crippen LogP contribution in [0.2, 0.25) is 0 Å². The Balaban J connectivity index is 1.78. The molecular weight excluding hydrogens is 322 g/mol. The van der Waals surface area contributed by atoms with Gasteiger partial charge < -0.3 is 4.74 Å². The average molecular weight is 341 g/mol. The summed E-state index contributed by atoms with van der Waals surface area (Å²) >= 11 is 1.46. The van der Waals surface area contributed by atoms with Crippen LogP contribution in [0.15, 0.2) is 59.4 Å². The summed E-state index contributed by atoms with van der Waals surface area (Å²) in [5, 5.41) is 1.87. The number of nitrogens with zero attached hydrogens (tertiary/aromatic N) is 3. The van der Waals surface area contributed by atoms with Crippen LogP contribution in [0, 0.1) is 0 Å². The molecule has 0 saturated carbocycles. The van der Waals surface area contributed by atoms with E-state index in [4.69, 9.17) is 4.74 Å². The number of fused-ring (bicyclic) bond motifs is 1. The Morgan fingerprint density at radius 2 is 2.12 bits per heavy atom. The van der Waals surface area contributed by atoms with E-state index in [1.54, 1.807) is 23.8 Å². The monoisotopic (exact) mass is 341 g/mol. The first kappa shape index (κ1) is 16.4. The first-order valence-electron chi connectivity index (χ1n) is 7.61. The minimum atomic E-state index is -0.0424. The summed E-state index contributed by atoms with van der Waals surface area (Å²) in [7, 11) is 1.66. The van der Waals surface area contributed by atoms with Crippen molar-refractivity contribution in [3.05, 3.63) is 76.2 Å². The molecule has 24 heavy (non-hydrogen) atoms. The largest absolute Gasteiger partial charge is 0.497 e. The van der Waals surface area contributed by atoms with Crippen molar-refractivity contribution >= 4 is 16.3 Å². The molecule has 2 aromatic heterocycles. The van der Waals surface area contributed by atoms with E-state index in [0.29, 0.717) is 6.54 Å². The normalized spacial score (nSPS) is 11.1. The highest BCUT2D eigenvalue weighted by Gasteiger charge is 2.09. The predicted molar refractivity (Wildman–Crippen MR) is 96.6 cm³/mol. The lowest BCUT2D eigenvalue weighted by Crippen LogP contribution is -2.25. The predicted octanol–water partition coefficient (Wildman–Crippen LogP) is 2.95. The van der Waals surface area contributed by atoms with Gasteiger partial charge in [0.25, 0.3) is 5.56 Å². The van der Waals surface area contributed by atoms with Gasteiger partial charge in [-0.2, -0.15) is 0 Å². The van der Waals surface area contributed by atoms with Gasteiger partial charge >= 0.3 is 0 Å². The van der Waals surface area contributed by atoms with Crippen LogP contribution < -0.4 is 10.3 Å². The molecule has 0 bridgehead atoms. The molecule has 0 atom stereocenters. The highest BCUT2D eigenvalue weighted by atomic mass is 32.1. The van der Waals surface area contributed by atoms with Crippen molar-refractivity contribution in [2.24, 2.45) is 0 Å². The lowest BCUT2D eigenvalue weighted by molar-refractivity contribution is 0.282. The fourth-order valence-corrected chi connectivity index (χ4v) is 3.29. The number of ether oxygens (including phenoxy) is 1. The third-order valence-electron chi connectivity index (χ3n) is 3.69. The summed E-state index contributed by atoms with van der Waals surface area (Å²) in [5.74, 6) is 0.840. The number of methoxy groups -OCH3 is 1. The lowest BCUT2D eigenvalue weighted by atomic mass is 10.2. The molecule has 0 fully saturated rings. The Kier molecular flexibility index (Phi) is 5.08. The Morgan fingerprint density at radius 1 is 1.33 bits per heavy atom. The minimum Gasteiger partial charge on any atom is -0.497 e. The van der Waals surface area contributed by atoms with Crippen LogP contribution in [0.1, 0.15) is 11.3 Å². The molecular formula is C18H19N3O2S. The van der Waals surface area contributed by atoms with E-state index in [1.165, 1.54) is 16.9 Å². The number of aromatic nitrogens is 2. The topological polar surface area (TPSA) is 46.8 Å². The molecule has 2 heterocycles. The van der Waals surface area contributed by atoms with E-state index in [0.717, 1.165) is 29.5 Å². The maximum Gasteiger partial charge on any atom is 0.258 e. The van der Waals surface area contributed by atoms with Crippen LogP contribution in [0.3, 0.4) is 0 Å². The first-order valence-corrected chi connectivity index (χ1v) is 8.49. The van der Waals surface area contributed by atoms with Crippen molar-refractivity contribution in [3.63, 3.8) is 0 Å². The van der Waals surface area contributed by atoms with Gasteiger partial charge in [-0.05, 0) is 17.7 Å². The summed E-state index contributed by atoms with van der Waals surface area (Å²) in [6, 6.07) is 9.58. The average Bonchev–Trinajstić information content (AvgIpc) is 3.05. The van der Waals surface area contributed by atoms with Crippen molar-refractivity contribution in [2.75, 3.05) is 13.7 Å². The van der Waals surface area contributed by atoms with E-state index in [2.05, 4.69) is 16.5 Å². The van der Waals surface area contributed by atoms with Crippen LogP contribution >= 0.6 is 11.3 Å². The van der Waals surface area contributed by atoms with Crippen LogP contribution in [0.5, 0.6) is 5.75 Å². The van der Waals surface area contributed by atoms with Gasteiger partial charge in [0.05, 0.1) is 12.8 Å². The Labute approximate surface area is 144 Å². The second-order valence-electron chi connectivity index (χ2n) is 5.45. The molecule has 0 radical (unpaired) electrons. The molecule has 5 nitrogen and oxygen atoms in total. The SMILES string of the molecule is C=CCN(Cc1ccc(OC)cc1)Cc1cc(=O)n2ccsc2n1. The van der Waals surface area contributed by atoms with Crippen molar-refractivity contribution in [3.8, 4) is 5.75 Å². The molecule has 0 amide bonds. The maximum absolute atomic E-state index is 12.1. The minimum absolute atomic E-state index is 0.0424. The van der Waals surface area contributed by atoms with Crippen LogP contribution in [-0.4, -0.2) is 27.9 Å². The van der Waals surface area contributed by atoms with Crippen molar-refractivity contribution in [1.29, 1.82) is 0 Å². The molecule has 0 N–H and O–H groups in total. The van der Waals surface area contributed by atoms with Gasteiger partial charge in [0.15, 0.2) is 4.96 Å². The summed E-state index contributed by atoms with van der Waals surface area (Å²) in [5.41, 5.74) is 1.91. The first-order chi connectivity index (χ1) is 11.7. The molecule has 0 aliphatic heterocycles. The van der Waals surface area contributed by atoms with Crippen molar-refractivity contribution < 1.29 is 4.74 Å². The zero-order chi connectivity index (χ0) is 16.9. The Morgan fingerprint density at radius 3 is 2.83 bits per heavy atom. The molecule has 6 heteroatoms. The molecule has 0 aliphatic carbocycles. The van der Waals surface area contributed by atoms with Crippen LogP contribution in [0.25, 0.3) is 4.96 Å². The number of hydrogen-bond acceptors (Lipinski definition) is 5. The van der Waals surface area contributed by atoms with Gasteiger partial charge in [0, 0.05) is 37.3 Å². The van der Waals surface area contributed by atoms with Crippen LogP contribution in [-0.2, 0) is 13.1 Å². The van der Waals surface area contributed by atoms with E-state index in [-0.39, 0.29) is 5.56 Å². The summed E-state index contributed by atoms with van der Waals surface area (Å²) < 4.78 is 6.75. The molecule has 124 valence electrons. The van der Waals surface area contributed by atoms with E-state index in [1.807, 2.05) is 35.7 Å². The highest BCUT2D eigenvalue weighted by Crippen LogP contribution is 2.15. The smallest absolute Gasteiger partial charge is 0.258 e. The summed E-state index contributed by atoms with van der Waals surface area (Å²) in [6.07, 6.45) is 3.61. The number of rotatable bonds is 7. The second-order valence-corrected chi connectivity index (χ2v) is 6.32. The number of hydrogen-bond donors (Lipinski definition) is 0. The van der Waals surface area contributed by atoms with Gasteiger partial charge in [-0.25, -0.2) is 4.98 Å². The fourth-order valence-electron chi connectivity index (χ4n) is 2.55.